The Morgan fingerprint density at radius 3 is 1.88 bits per heavy atom. The maximum Gasteiger partial charge on any atom is 0.187 e. The predicted octanol–water partition coefficient (Wildman–Crippen LogP) is 5.36. The Morgan fingerprint density at radius 2 is 1.38 bits per heavy atom. The average Bonchev–Trinajstić information content (AvgIpc) is 3.34. The lowest BCUT2D eigenvalue weighted by molar-refractivity contribution is -0.113. The number of ketones is 1. The van der Waals surface area contributed by atoms with Crippen molar-refractivity contribution in [2.45, 2.75) is 6.54 Å². The standard InChI is InChI=1S/C22H19NOS2/c24-22-18(12-20-8-4-10-25-20)15-23(14-17-6-2-1-3-7-17)16-19(22)13-21-9-5-11-26-21/h1-13H,14-16H2/b18-12+,19-13?. The third-order valence-corrected chi connectivity index (χ3v) is 5.98. The molecular weight excluding hydrogens is 358 g/mol. The number of benzene rings is 1. The number of carbonyl (C=O) groups excluding carboxylic acids is 1. The Balaban J connectivity index is 1.64. The van der Waals surface area contributed by atoms with Crippen molar-refractivity contribution >= 4 is 40.6 Å². The summed E-state index contributed by atoms with van der Waals surface area (Å²) in [5.74, 6) is 0.177. The Hall–Kier alpha value is -2.27. The molecular formula is C22H19NOS2. The minimum atomic E-state index is 0.177. The zero-order chi connectivity index (χ0) is 17.8. The third kappa shape index (κ3) is 4.10. The van der Waals surface area contributed by atoms with Crippen LogP contribution in [0.25, 0.3) is 12.2 Å². The van der Waals surface area contributed by atoms with Gasteiger partial charge in [-0.05, 0) is 40.6 Å². The predicted molar refractivity (Wildman–Crippen MR) is 111 cm³/mol. The normalized spacial score (nSPS) is 18.7. The zero-order valence-corrected chi connectivity index (χ0v) is 15.9. The van der Waals surface area contributed by atoms with Crippen molar-refractivity contribution in [3.8, 4) is 0 Å². The number of Topliss-reactive ketones (excluding diaryl/α,β-unsaturated/α-hetero) is 1. The van der Waals surface area contributed by atoms with Crippen molar-refractivity contribution in [3.05, 3.63) is 91.8 Å². The lowest BCUT2D eigenvalue weighted by Gasteiger charge is -2.29. The first kappa shape index (κ1) is 17.2. The molecule has 1 fully saturated rings. The molecule has 0 saturated carbocycles. The van der Waals surface area contributed by atoms with Crippen molar-refractivity contribution in [1.82, 2.24) is 4.90 Å². The molecule has 0 aliphatic carbocycles. The maximum atomic E-state index is 13.0. The molecule has 3 heterocycles. The molecule has 0 unspecified atom stereocenters. The molecule has 0 bridgehead atoms. The van der Waals surface area contributed by atoms with Crippen molar-refractivity contribution < 1.29 is 4.79 Å². The highest BCUT2D eigenvalue weighted by Gasteiger charge is 2.26. The zero-order valence-electron chi connectivity index (χ0n) is 14.3. The van der Waals surface area contributed by atoms with Crippen molar-refractivity contribution in [3.63, 3.8) is 0 Å². The number of hydrogen-bond acceptors (Lipinski definition) is 4. The summed E-state index contributed by atoms with van der Waals surface area (Å²) < 4.78 is 0. The summed E-state index contributed by atoms with van der Waals surface area (Å²) in [6.07, 6.45) is 4.10. The van der Waals surface area contributed by atoms with Crippen molar-refractivity contribution in [2.24, 2.45) is 0 Å². The van der Waals surface area contributed by atoms with Gasteiger partial charge in [0.2, 0.25) is 0 Å². The van der Waals surface area contributed by atoms with E-state index in [1.807, 2.05) is 41.1 Å². The maximum absolute atomic E-state index is 13.0. The van der Waals surface area contributed by atoms with Crippen LogP contribution >= 0.6 is 22.7 Å². The van der Waals surface area contributed by atoms with E-state index >= 15 is 0 Å². The fraction of sp³-hybridized carbons (Fsp3) is 0.136. The van der Waals surface area contributed by atoms with Gasteiger partial charge in [0.15, 0.2) is 5.78 Å². The number of nitrogens with zero attached hydrogens (tertiary/aromatic N) is 1. The monoisotopic (exact) mass is 377 g/mol. The highest BCUT2D eigenvalue weighted by molar-refractivity contribution is 7.11. The lowest BCUT2D eigenvalue weighted by Crippen LogP contribution is -2.37. The van der Waals surface area contributed by atoms with E-state index in [1.165, 1.54) is 5.56 Å². The Bertz CT molecular complexity index is 866. The molecule has 0 radical (unpaired) electrons. The summed E-state index contributed by atoms with van der Waals surface area (Å²) in [5, 5.41) is 4.09. The van der Waals surface area contributed by atoms with Crippen LogP contribution in [0.2, 0.25) is 0 Å². The highest BCUT2D eigenvalue weighted by atomic mass is 32.1. The van der Waals surface area contributed by atoms with Gasteiger partial charge in [0.05, 0.1) is 0 Å². The summed E-state index contributed by atoms with van der Waals surface area (Å²) in [5.41, 5.74) is 3.02. The molecule has 130 valence electrons. The summed E-state index contributed by atoms with van der Waals surface area (Å²) in [6.45, 7) is 2.22. The SMILES string of the molecule is O=C1C(=Cc2cccs2)CN(Cc2ccccc2)C/C1=C\c1cccs1. The minimum absolute atomic E-state index is 0.177. The average molecular weight is 378 g/mol. The fourth-order valence-electron chi connectivity index (χ4n) is 3.15. The van der Waals surface area contributed by atoms with E-state index in [0.29, 0.717) is 13.1 Å². The van der Waals surface area contributed by atoms with Crippen LogP contribution in [-0.2, 0) is 11.3 Å². The van der Waals surface area contributed by atoms with Gasteiger partial charge in [-0.25, -0.2) is 0 Å². The second kappa shape index (κ2) is 7.96. The molecule has 0 spiro atoms. The van der Waals surface area contributed by atoms with Gasteiger partial charge in [0, 0.05) is 40.5 Å². The van der Waals surface area contributed by atoms with Gasteiger partial charge in [0.1, 0.15) is 0 Å². The van der Waals surface area contributed by atoms with E-state index in [0.717, 1.165) is 27.4 Å². The van der Waals surface area contributed by atoms with Gasteiger partial charge < -0.3 is 0 Å². The Labute approximate surface area is 161 Å². The van der Waals surface area contributed by atoms with Crippen LogP contribution in [0.3, 0.4) is 0 Å². The summed E-state index contributed by atoms with van der Waals surface area (Å²) >= 11 is 3.33. The molecule has 4 rings (SSSR count). The van der Waals surface area contributed by atoms with E-state index in [4.69, 9.17) is 0 Å². The number of likely N-dealkylation sites (tertiary alicyclic amines) is 1. The number of piperidine rings is 1. The first-order valence-corrected chi connectivity index (χ1v) is 10.3. The number of rotatable bonds is 4. The lowest BCUT2D eigenvalue weighted by atomic mass is 9.96. The number of thiophene rings is 2. The van der Waals surface area contributed by atoms with Gasteiger partial charge in [-0.1, -0.05) is 42.5 Å². The van der Waals surface area contributed by atoms with Gasteiger partial charge in [-0.3, -0.25) is 9.69 Å². The molecule has 0 N–H and O–H groups in total. The van der Waals surface area contributed by atoms with E-state index in [9.17, 15) is 4.79 Å². The molecule has 1 aliphatic rings. The van der Waals surface area contributed by atoms with Gasteiger partial charge in [-0.2, -0.15) is 0 Å². The van der Waals surface area contributed by atoms with Gasteiger partial charge in [0.25, 0.3) is 0 Å². The van der Waals surface area contributed by atoms with Gasteiger partial charge in [-0.15, -0.1) is 22.7 Å². The first-order chi connectivity index (χ1) is 12.8. The third-order valence-electron chi connectivity index (χ3n) is 4.34. The second-order valence-corrected chi connectivity index (χ2v) is 8.29. The van der Waals surface area contributed by atoms with Crippen molar-refractivity contribution in [1.29, 1.82) is 0 Å². The highest BCUT2D eigenvalue weighted by Crippen LogP contribution is 2.25. The van der Waals surface area contributed by atoms with Crippen molar-refractivity contribution in [2.75, 3.05) is 13.1 Å². The van der Waals surface area contributed by atoms with Gasteiger partial charge >= 0.3 is 0 Å². The van der Waals surface area contributed by atoms with Crippen LogP contribution in [0.4, 0.5) is 0 Å². The molecule has 1 saturated heterocycles. The number of carbonyl (C=O) groups is 1. The topological polar surface area (TPSA) is 20.3 Å². The minimum Gasteiger partial charge on any atom is -0.290 e. The molecule has 26 heavy (non-hydrogen) atoms. The smallest absolute Gasteiger partial charge is 0.187 e. The second-order valence-electron chi connectivity index (χ2n) is 6.33. The Kier molecular flexibility index (Phi) is 5.25. The van der Waals surface area contributed by atoms with E-state index < -0.39 is 0 Å². The summed E-state index contributed by atoms with van der Waals surface area (Å²) in [7, 11) is 0. The van der Waals surface area contributed by atoms with E-state index in [-0.39, 0.29) is 5.78 Å². The molecule has 1 aliphatic heterocycles. The largest absolute Gasteiger partial charge is 0.290 e. The number of hydrogen-bond donors (Lipinski definition) is 0. The van der Waals surface area contributed by atoms with Crippen LogP contribution in [0.5, 0.6) is 0 Å². The van der Waals surface area contributed by atoms with Crippen LogP contribution < -0.4 is 0 Å². The quantitative estimate of drug-likeness (QED) is 0.570. The summed E-state index contributed by atoms with van der Waals surface area (Å²) in [6, 6.07) is 18.6. The molecule has 0 atom stereocenters. The van der Waals surface area contributed by atoms with E-state index in [1.54, 1.807) is 22.7 Å². The molecule has 0 amide bonds. The molecule has 4 heteroatoms. The first-order valence-electron chi connectivity index (χ1n) is 8.57. The van der Waals surface area contributed by atoms with Crippen LogP contribution in [0, 0.1) is 0 Å². The molecule has 2 nitrogen and oxygen atoms in total. The Morgan fingerprint density at radius 1 is 0.808 bits per heavy atom. The summed E-state index contributed by atoms with van der Waals surface area (Å²) in [4.78, 5) is 17.6. The van der Waals surface area contributed by atoms with Crippen LogP contribution in [0.15, 0.2) is 76.5 Å². The fourth-order valence-corrected chi connectivity index (χ4v) is 4.52. The molecule has 2 aromatic heterocycles. The van der Waals surface area contributed by atoms with E-state index in [2.05, 4.69) is 41.3 Å². The van der Waals surface area contributed by atoms with Crippen LogP contribution in [-0.4, -0.2) is 23.8 Å². The molecule has 1 aromatic carbocycles. The van der Waals surface area contributed by atoms with Crippen LogP contribution in [0.1, 0.15) is 15.3 Å². The molecule has 3 aromatic rings.